The molecular weight excluding hydrogens is 418 g/mol. The highest BCUT2D eigenvalue weighted by Crippen LogP contribution is 2.26. The van der Waals surface area contributed by atoms with Crippen LogP contribution in [0.1, 0.15) is 6.42 Å². The number of benzene rings is 1. The largest absolute Gasteiger partial charge is 0.472 e. The van der Waals surface area contributed by atoms with Crippen LogP contribution in [-0.4, -0.2) is 45.7 Å². The molecule has 1 aromatic carbocycles. The van der Waals surface area contributed by atoms with Crippen molar-refractivity contribution in [2.45, 2.75) is 17.7 Å². The molecule has 8 heteroatoms. The van der Waals surface area contributed by atoms with Crippen LogP contribution in [0.4, 0.5) is 0 Å². The van der Waals surface area contributed by atoms with Crippen LogP contribution in [-0.2, 0) is 4.79 Å². The number of nitrogens with zero attached hydrogens (tertiary/aromatic N) is 3. The average Bonchev–Trinajstić information content (AvgIpc) is 3.28. The second-order valence-corrected chi connectivity index (χ2v) is 7.68. The molecule has 6 nitrogen and oxygen atoms in total. The second kappa shape index (κ2) is 7.67. The third kappa shape index (κ3) is 3.86. The quantitative estimate of drug-likeness (QED) is 0.570. The Balaban J connectivity index is 1.31. The molecular formula is C18H16BrN3O3S. The summed E-state index contributed by atoms with van der Waals surface area (Å²) < 4.78 is 12.4. The number of likely N-dealkylation sites (tertiary alicyclic amines) is 1. The number of oxazole rings is 1. The number of carbonyl (C=O) groups excluding carboxylic acids is 1. The van der Waals surface area contributed by atoms with E-state index >= 15 is 0 Å². The molecule has 0 aliphatic carbocycles. The highest BCUT2D eigenvalue weighted by molar-refractivity contribution is 9.10. The van der Waals surface area contributed by atoms with Gasteiger partial charge in [0.1, 0.15) is 11.6 Å². The smallest absolute Gasteiger partial charge is 0.257 e. The molecule has 134 valence electrons. The molecule has 0 N–H and O–H groups in total. The molecule has 0 saturated carbocycles. The predicted octanol–water partition coefficient (Wildman–Crippen LogP) is 3.76. The molecule has 0 spiro atoms. The van der Waals surface area contributed by atoms with E-state index in [2.05, 4.69) is 25.9 Å². The maximum Gasteiger partial charge on any atom is 0.257 e. The zero-order valence-corrected chi connectivity index (χ0v) is 16.2. The van der Waals surface area contributed by atoms with Crippen molar-refractivity contribution in [1.82, 2.24) is 14.9 Å². The first-order chi connectivity index (χ1) is 12.7. The summed E-state index contributed by atoms with van der Waals surface area (Å²) in [6.45, 7) is 1.25. The van der Waals surface area contributed by atoms with E-state index in [-0.39, 0.29) is 12.0 Å². The highest BCUT2D eigenvalue weighted by atomic mass is 79.9. The van der Waals surface area contributed by atoms with Gasteiger partial charge in [-0.3, -0.25) is 4.79 Å². The third-order valence-electron chi connectivity index (χ3n) is 4.09. The van der Waals surface area contributed by atoms with Gasteiger partial charge in [-0.25, -0.2) is 9.97 Å². The lowest BCUT2D eigenvalue weighted by atomic mass is 10.3. The van der Waals surface area contributed by atoms with E-state index in [1.54, 1.807) is 6.20 Å². The van der Waals surface area contributed by atoms with E-state index in [4.69, 9.17) is 9.15 Å². The molecule has 1 aliphatic rings. The maximum atomic E-state index is 12.5. The van der Waals surface area contributed by atoms with Crippen molar-refractivity contribution in [2.75, 3.05) is 18.8 Å². The van der Waals surface area contributed by atoms with Crippen LogP contribution in [0.2, 0.25) is 0 Å². The molecule has 1 saturated heterocycles. The normalized spacial score (nSPS) is 17.0. The fraction of sp³-hybridized carbons (Fsp3) is 0.278. The Hall–Kier alpha value is -2.06. The van der Waals surface area contributed by atoms with Crippen LogP contribution in [0.3, 0.4) is 0 Å². The Bertz CT molecular complexity index is 900. The topological polar surface area (TPSA) is 68.5 Å². The Kier molecular flexibility index (Phi) is 5.12. The number of hydrogen-bond donors (Lipinski definition) is 0. The van der Waals surface area contributed by atoms with E-state index in [1.165, 1.54) is 11.8 Å². The summed E-state index contributed by atoms with van der Waals surface area (Å²) in [5.74, 6) is 0.920. The van der Waals surface area contributed by atoms with Crippen LogP contribution in [0.15, 0.2) is 56.7 Å². The predicted molar refractivity (Wildman–Crippen MR) is 102 cm³/mol. The third-order valence-corrected chi connectivity index (χ3v) is 5.51. The molecule has 1 atom stereocenters. The van der Waals surface area contributed by atoms with Gasteiger partial charge in [-0.15, -0.1) is 0 Å². The maximum absolute atomic E-state index is 12.5. The van der Waals surface area contributed by atoms with Gasteiger partial charge < -0.3 is 14.1 Å². The summed E-state index contributed by atoms with van der Waals surface area (Å²) in [5.41, 5.74) is 1.54. The minimum atomic E-state index is -0.0422. The lowest BCUT2D eigenvalue weighted by Crippen LogP contribution is -2.32. The monoisotopic (exact) mass is 433 g/mol. The van der Waals surface area contributed by atoms with Crippen molar-refractivity contribution in [2.24, 2.45) is 0 Å². The van der Waals surface area contributed by atoms with Crippen molar-refractivity contribution in [1.29, 1.82) is 0 Å². The fourth-order valence-electron chi connectivity index (χ4n) is 2.79. The van der Waals surface area contributed by atoms with E-state index in [9.17, 15) is 4.79 Å². The van der Waals surface area contributed by atoms with Crippen LogP contribution in [0, 0.1) is 0 Å². The second-order valence-electron chi connectivity index (χ2n) is 5.89. The molecule has 1 aliphatic heterocycles. The van der Waals surface area contributed by atoms with Crippen LogP contribution in [0.25, 0.3) is 11.1 Å². The lowest BCUT2D eigenvalue weighted by Gasteiger charge is -2.16. The van der Waals surface area contributed by atoms with Crippen molar-refractivity contribution in [3.8, 4) is 5.88 Å². The first-order valence-corrected chi connectivity index (χ1v) is 10.0. The Morgan fingerprint density at radius 2 is 2.23 bits per heavy atom. The summed E-state index contributed by atoms with van der Waals surface area (Å²) in [4.78, 5) is 22.9. The summed E-state index contributed by atoms with van der Waals surface area (Å²) in [6.07, 6.45) is 2.44. The Morgan fingerprint density at radius 1 is 1.35 bits per heavy atom. The number of rotatable bonds is 5. The van der Waals surface area contributed by atoms with Gasteiger partial charge in [-0.1, -0.05) is 23.9 Å². The molecule has 4 rings (SSSR count). The van der Waals surface area contributed by atoms with Crippen LogP contribution >= 0.6 is 27.7 Å². The summed E-state index contributed by atoms with van der Waals surface area (Å²) in [6, 6.07) is 11.3. The lowest BCUT2D eigenvalue weighted by molar-refractivity contribution is -0.127. The number of hydrogen-bond acceptors (Lipinski definition) is 6. The van der Waals surface area contributed by atoms with Crippen LogP contribution in [0.5, 0.6) is 5.88 Å². The van der Waals surface area contributed by atoms with E-state index in [0.717, 1.165) is 22.0 Å². The Labute approximate surface area is 163 Å². The number of thioether (sulfide) groups is 1. The first kappa shape index (κ1) is 17.4. The standard InChI is InChI=1S/C18H16BrN3O3S/c19-13-4-3-8-20-17(13)24-12-7-9-22(10-12)16(23)11-26-18-21-14-5-1-2-6-15(14)25-18/h1-6,8,12H,7,9-11H2. The van der Waals surface area contributed by atoms with Crippen molar-refractivity contribution in [3.05, 3.63) is 47.1 Å². The number of amides is 1. The van der Waals surface area contributed by atoms with E-state index in [1.807, 2.05) is 41.3 Å². The average molecular weight is 434 g/mol. The minimum Gasteiger partial charge on any atom is -0.472 e. The van der Waals surface area contributed by atoms with Gasteiger partial charge in [0.15, 0.2) is 5.58 Å². The molecule has 2 aromatic heterocycles. The van der Waals surface area contributed by atoms with Crippen molar-refractivity contribution >= 4 is 44.7 Å². The molecule has 0 radical (unpaired) electrons. The number of carbonyl (C=O) groups is 1. The number of aromatic nitrogens is 2. The zero-order chi connectivity index (χ0) is 17.9. The molecule has 3 aromatic rings. The Morgan fingerprint density at radius 3 is 3.08 bits per heavy atom. The number of fused-ring (bicyclic) bond motifs is 1. The molecule has 1 unspecified atom stereocenters. The van der Waals surface area contributed by atoms with Crippen molar-refractivity contribution in [3.63, 3.8) is 0 Å². The number of ether oxygens (including phenoxy) is 1. The van der Waals surface area contributed by atoms with E-state index in [0.29, 0.717) is 29.9 Å². The number of pyridine rings is 1. The first-order valence-electron chi connectivity index (χ1n) is 8.22. The van der Waals surface area contributed by atoms with Gasteiger partial charge in [0.2, 0.25) is 11.8 Å². The molecule has 3 heterocycles. The highest BCUT2D eigenvalue weighted by Gasteiger charge is 2.28. The molecule has 1 fully saturated rings. The van der Waals surface area contributed by atoms with Crippen LogP contribution < -0.4 is 4.74 Å². The van der Waals surface area contributed by atoms with Gasteiger partial charge in [0.25, 0.3) is 5.22 Å². The zero-order valence-electron chi connectivity index (χ0n) is 13.8. The van der Waals surface area contributed by atoms with E-state index < -0.39 is 0 Å². The molecule has 0 bridgehead atoms. The minimum absolute atomic E-state index is 0.0422. The number of para-hydroxylation sites is 2. The fourth-order valence-corrected chi connectivity index (χ4v) is 3.88. The molecule has 26 heavy (non-hydrogen) atoms. The number of halogens is 1. The SMILES string of the molecule is O=C(CSc1nc2ccccc2o1)N1CCC(Oc2ncccc2Br)C1. The van der Waals surface area contributed by atoms with Gasteiger partial charge in [-0.2, -0.15) is 0 Å². The van der Waals surface area contributed by atoms with Gasteiger partial charge >= 0.3 is 0 Å². The van der Waals surface area contributed by atoms with Crippen molar-refractivity contribution < 1.29 is 13.9 Å². The van der Waals surface area contributed by atoms with Gasteiger partial charge in [-0.05, 0) is 40.2 Å². The summed E-state index contributed by atoms with van der Waals surface area (Å²) >= 11 is 4.74. The summed E-state index contributed by atoms with van der Waals surface area (Å²) in [5, 5.41) is 0.518. The molecule has 1 amide bonds. The van der Waals surface area contributed by atoms with Gasteiger partial charge in [0, 0.05) is 19.2 Å². The summed E-state index contributed by atoms with van der Waals surface area (Å²) in [7, 11) is 0. The van der Waals surface area contributed by atoms with Gasteiger partial charge in [0.05, 0.1) is 16.8 Å².